The van der Waals surface area contributed by atoms with Crippen molar-refractivity contribution in [2.75, 3.05) is 32.8 Å². The average molecular weight is 557 g/mol. The quantitative estimate of drug-likeness (QED) is 0.100. The van der Waals surface area contributed by atoms with E-state index in [1.165, 1.54) is 19.9 Å². The maximum Gasteiger partial charge on any atom is 0.290 e. The van der Waals surface area contributed by atoms with Gasteiger partial charge in [0.1, 0.15) is 12.4 Å². The number of fused-ring (bicyclic) bond motifs is 1. The van der Waals surface area contributed by atoms with Crippen LogP contribution in [0.3, 0.4) is 0 Å². The molecule has 8 nitrogen and oxygen atoms in total. The number of rotatable bonds is 9. The van der Waals surface area contributed by atoms with Crippen LogP contribution >= 0.6 is 23.3 Å². The van der Waals surface area contributed by atoms with Gasteiger partial charge in [0.15, 0.2) is 0 Å². The fourth-order valence-corrected chi connectivity index (χ4v) is 6.29. The molecule has 0 atom stereocenters. The predicted molar refractivity (Wildman–Crippen MR) is 155 cm³/mol. The number of likely N-dealkylation sites (tertiary alicyclic amines) is 1. The largest absolute Gasteiger partial charge is 0.483 e. The third kappa shape index (κ3) is 8.56. The van der Waals surface area contributed by atoms with Gasteiger partial charge in [-0.1, -0.05) is 43.3 Å². The number of amidine groups is 1. The number of carbonyl (C=O) groups excluding carboxylic acids is 1. The zero-order valence-corrected chi connectivity index (χ0v) is 23.5. The van der Waals surface area contributed by atoms with Gasteiger partial charge in [-0.05, 0) is 66.3 Å². The van der Waals surface area contributed by atoms with Crippen molar-refractivity contribution in [1.29, 1.82) is 5.41 Å². The van der Waals surface area contributed by atoms with E-state index in [0.29, 0.717) is 25.5 Å². The van der Waals surface area contributed by atoms with Gasteiger partial charge in [0.2, 0.25) is 5.91 Å². The maximum absolute atomic E-state index is 12.3. The molecule has 0 saturated carbocycles. The summed E-state index contributed by atoms with van der Waals surface area (Å²) in [5.41, 5.74) is 3.15. The second-order valence-electron chi connectivity index (χ2n) is 9.40. The van der Waals surface area contributed by atoms with Gasteiger partial charge in [-0.2, -0.15) is 0 Å². The molecule has 1 saturated heterocycles. The maximum atomic E-state index is 12.3. The average Bonchev–Trinajstić information content (AvgIpc) is 3.32. The topological polar surface area (TPSA) is 117 Å². The van der Waals surface area contributed by atoms with Crippen molar-refractivity contribution in [3.63, 3.8) is 0 Å². The summed E-state index contributed by atoms with van der Waals surface area (Å²) in [6, 6.07) is 16.5. The molecule has 3 aromatic rings. The van der Waals surface area contributed by atoms with E-state index in [4.69, 9.17) is 15.3 Å². The van der Waals surface area contributed by atoms with Crippen LogP contribution in [0.5, 0.6) is 0 Å². The zero-order valence-electron chi connectivity index (χ0n) is 21.9. The molecule has 4 rings (SSSR count). The Balaban J connectivity index is 0.00000127. The van der Waals surface area contributed by atoms with Crippen LogP contribution in [0.4, 0.5) is 0 Å². The van der Waals surface area contributed by atoms with E-state index in [-0.39, 0.29) is 12.4 Å². The first-order chi connectivity index (χ1) is 18.3. The minimum atomic E-state index is -0.501. The van der Waals surface area contributed by atoms with Crippen molar-refractivity contribution < 1.29 is 19.8 Å². The lowest BCUT2D eigenvalue weighted by atomic mass is 9.98. The summed E-state index contributed by atoms with van der Waals surface area (Å²) in [5, 5.41) is 26.1. The summed E-state index contributed by atoms with van der Waals surface area (Å²) in [7, 11) is 0. The number of amides is 1. The van der Waals surface area contributed by atoms with Crippen molar-refractivity contribution in [1.82, 2.24) is 14.5 Å². The second-order valence-corrected chi connectivity index (χ2v) is 11.7. The van der Waals surface area contributed by atoms with Crippen LogP contribution < -0.4 is 4.72 Å². The highest BCUT2D eigenvalue weighted by Crippen LogP contribution is 2.32. The van der Waals surface area contributed by atoms with Crippen molar-refractivity contribution in [3.8, 4) is 0 Å². The van der Waals surface area contributed by atoms with E-state index < -0.39 is 6.61 Å². The van der Waals surface area contributed by atoms with Crippen molar-refractivity contribution >= 4 is 51.6 Å². The normalized spacial score (nSPS) is 13.6. The van der Waals surface area contributed by atoms with E-state index in [0.717, 1.165) is 43.0 Å². The van der Waals surface area contributed by atoms with Gasteiger partial charge in [-0.25, -0.2) is 0 Å². The monoisotopic (exact) mass is 556 g/mol. The second kappa shape index (κ2) is 14.9. The van der Waals surface area contributed by atoms with Gasteiger partial charge in [-0.15, -0.1) is 11.3 Å². The Hall–Kier alpha value is -2.92. The van der Waals surface area contributed by atoms with Crippen molar-refractivity contribution in [3.05, 3.63) is 65.2 Å². The third-order valence-corrected chi connectivity index (χ3v) is 8.56. The van der Waals surface area contributed by atoms with Gasteiger partial charge in [0, 0.05) is 43.0 Å². The Morgan fingerprint density at radius 3 is 2.55 bits per heavy atom. The predicted octanol–water partition coefficient (Wildman–Crippen LogP) is 4.59. The fourth-order valence-electron chi connectivity index (χ4n) is 4.26. The van der Waals surface area contributed by atoms with Crippen LogP contribution in [0.15, 0.2) is 52.7 Å². The van der Waals surface area contributed by atoms with E-state index in [9.17, 15) is 9.90 Å². The van der Waals surface area contributed by atoms with E-state index in [1.807, 2.05) is 24.3 Å². The smallest absolute Gasteiger partial charge is 0.290 e. The highest BCUT2D eigenvalue weighted by molar-refractivity contribution is 7.99. The molecule has 10 heteroatoms. The first-order valence-electron chi connectivity index (χ1n) is 12.6. The summed E-state index contributed by atoms with van der Waals surface area (Å²) in [5.74, 6) is 1.02. The zero-order chi connectivity index (χ0) is 27.5. The Kier molecular flexibility index (Phi) is 11.6. The SMILES string of the molecule is Cc1ccc2cc(SNCCN(Cc3ccc(C(=N)N4CCC(C)CC4)cc3)C(=O)CO)sc2c1.O=CO. The lowest BCUT2D eigenvalue weighted by molar-refractivity contribution is -0.134. The molecule has 204 valence electrons. The molecule has 2 aromatic carbocycles. The number of piperidine rings is 1. The van der Waals surface area contributed by atoms with Crippen LogP contribution in [-0.2, 0) is 16.1 Å². The Morgan fingerprint density at radius 1 is 1.21 bits per heavy atom. The number of nitrogens with one attached hydrogen (secondary N) is 2. The Labute approximate surface area is 232 Å². The molecule has 0 unspecified atom stereocenters. The molecule has 0 bridgehead atoms. The Bertz CT molecular complexity index is 1210. The number of nitrogens with zero attached hydrogens (tertiary/aromatic N) is 2. The summed E-state index contributed by atoms with van der Waals surface area (Å²) in [6.45, 7) is 7.04. The number of hydrogen-bond donors (Lipinski definition) is 4. The lowest BCUT2D eigenvalue weighted by Gasteiger charge is -2.32. The third-order valence-electron chi connectivity index (χ3n) is 6.50. The Morgan fingerprint density at radius 2 is 1.89 bits per heavy atom. The van der Waals surface area contributed by atoms with Gasteiger partial charge in [0.25, 0.3) is 6.47 Å². The van der Waals surface area contributed by atoms with Crippen molar-refractivity contribution in [2.24, 2.45) is 5.92 Å². The van der Waals surface area contributed by atoms with Crippen LogP contribution in [0.1, 0.15) is 36.5 Å². The van der Waals surface area contributed by atoms with Crippen LogP contribution in [-0.4, -0.2) is 71.0 Å². The number of carboxylic acid groups (broad SMARTS) is 1. The number of aliphatic hydroxyl groups excluding tert-OH is 1. The lowest BCUT2D eigenvalue weighted by Crippen LogP contribution is -2.38. The summed E-state index contributed by atoms with van der Waals surface area (Å²) < 4.78 is 5.82. The van der Waals surface area contributed by atoms with Gasteiger partial charge in [-0.3, -0.25) is 19.7 Å². The van der Waals surface area contributed by atoms with Gasteiger partial charge in [0.05, 0.1) is 4.21 Å². The number of carbonyl (C=O) groups is 2. The fraction of sp³-hybridized carbons (Fsp3) is 0.393. The molecule has 38 heavy (non-hydrogen) atoms. The molecule has 0 aliphatic carbocycles. The molecule has 0 spiro atoms. The highest BCUT2D eigenvalue weighted by Gasteiger charge is 2.19. The molecular formula is C28H36N4O4S2. The molecule has 1 aliphatic heterocycles. The van der Waals surface area contributed by atoms with Crippen LogP contribution in [0.2, 0.25) is 0 Å². The number of hydrogen-bond acceptors (Lipinski definition) is 7. The molecule has 1 fully saturated rings. The minimum absolute atomic E-state index is 0.250. The van der Waals surface area contributed by atoms with Crippen molar-refractivity contribution in [2.45, 2.75) is 37.4 Å². The molecule has 1 aromatic heterocycles. The summed E-state index contributed by atoms with van der Waals surface area (Å²) >= 11 is 3.33. The number of aryl methyl sites for hydroxylation is 1. The number of thiophene rings is 1. The minimum Gasteiger partial charge on any atom is -0.483 e. The molecule has 1 amide bonds. The standard InChI is InChI=1S/C27H34N4O2S2.CH2O2/c1-19-9-12-30(13-10-19)27(28)22-7-4-21(5-8-22)17-31(25(33)18-32)14-11-29-35-26-16-23-6-3-20(2)15-24(23)34-26;2-1-3/h3-8,15-16,19,28-29,32H,9-14,17-18H2,1-2H3;1H,(H,2,3). The number of benzene rings is 2. The van der Waals surface area contributed by atoms with Crippen LogP contribution in [0.25, 0.3) is 10.1 Å². The van der Waals surface area contributed by atoms with E-state index in [1.54, 1.807) is 28.2 Å². The summed E-state index contributed by atoms with van der Waals surface area (Å²) in [4.78, 5) is 24.5. The first kappa shape index (κ1) is 29.6. The van der Waals surface area contributed by atoms with E-state index in [2.05, 4.69) is 47.7 Å². The first-order valence-corrected chi connectivity index (χ1v) is 14.3. The number of aliphatic hydroxyl groups is 1. The molecule has 0 radical (unpaired) electrons. The highest BCUT2D eigenvalue weighted by atomic mass is 32.2. The summed E-state index contributed by atoms with van der Waals surface area (Å²) in [6.07, 6.45) is 2.27. The molecule has 4 N–H and O–H groups in total. The van der Waals surface area contributed by atoms with Crippen LogP contribution in [0, 0.1) is 18.3 Å². The van der Waals surface area contributed by atoms with E-state index >= 15 is 0 Å². The van der Waals surface area contributed by atoms with Gasteiger partial charge >= 0.3 is 0 Å². The van der Waals surface area contributed by atoms with Gasteiger partial charge < -0.3 is 20.0 Å². The molecule has 2 heterocycles. The molecular weight excluding hydrogens is 520 g/mol. The molecule has 1 aliphatic rings.